The molecule has 0 saturated heterocycles. The zero-order valence-electron chi connectivity index (χ0n) is 27.7. The largest absolute Gasteiger partial charge is 0.456 e. The maximum absolute atomic E-state index is 6.53. The number of benzene rings is 7. The lowest BCUT2D eigenvalue weighted by molar-refractivity contribution is 0.667. The van der Waals surface area contributed by atoms with E-state index in [2.05, 4.69) is 140 Å². The number of fused-ring (bicyclic) bond motifs is 5. The maximum Gasteiger partial charge on any atom is 0.164 e. The average molecular weight is 654 g/mol. The smallest absolute Gasteiger partial charge is 0.164 e. The minimum absolute atomic E-state index is 0.189. The van der Waals surface area contributed by atoms with E-state index in [-0.39, 0.29) is 5.92 Å². The number of hydrogen-bond donors (Lipinski definition) is 0. The molecule has 2 heterocycles. The molecule has 9 aromatic rings. The third-order valence-corrected chi connectivity index (χ3v) is 10.1. The van der Waals surface area contributed by atoms with Crippen molar-refractivity contribution in [3.05, 3.63) is 180 Å². The van der Waals surface area contributed by atoms with E-state index in [4.69, 9.17) is 19.4 Å². The molecule has 2 aromatic heterocycles. The normalized spacial score (nSPS) is 13.9. The molecule has 51 heavy (non-hydrogen) atoms. The summed E-state index contributed by atoms with van der Waals surface area (Å²) in [5, 5.41) is 4.51. The Morgan fingerprint density at radius 3 is 2.02 bits per heavy atom. The van der Waals surface area contributed by atoms with Crippen molar-refractivity contribution in [3.63, 3.8) is 0 Å². The van der Waals surface area contributed by atoms with Crippen molar-refractivity contribution in [1.29, 1.82) is 0 Å². The van der Waals surface area contributed by atoms with Gasteiger partial charge in [-0.15, -0.1) is 0 Å². The molecule has 1 unspecified atom stereocenters. The standard InChI is InChI=1S/C47H31N3O/c1-2-12-33(13-3-1)45-48-46(34-22-18-32(19-23-34)37-24-20-30-10-4-6-14-35(30)26-37)50-47(49-45)41-28-39(38-25-21-31-11-5-7-15-36(31)27-38)29-43-44(41)40-16-8-9-17-42(40)51-43/h1-26,28-29,38H,27H2. The second kappa shape index (κ2) is 12.0. The topological polar surface area (TPSA) is 51.8 Å². The summed E-state index contributed by atoms with van der Waals surface area (Å²) in [5.41, 5.74) is 10.6. The van der Waals surface area contributed by atoms with Crippen molar-refractivity contribution < 1.29 is 4.42 Å². The Morgan fingerprint density at radius 1 is 0.490 bits per heavy atom. The molecule has 0 spiro atoms. The van der Waals surface area contributed by atoms with Gasteiger partial charge in [0.1, 0.15) is 11.2 Å². The fourth-order valence-corrected chi connectivity index (χ4v) is 7.43. The van der Waals surface area contributed by atoms with E-state index < -0.39 is 0 Å². The van der Waals surface area contributed by atoms with Crippen LogP contribution < -0.4 is 0 Å². The van der Waals surface area contributed by atoms with Crippen LogP contribution in [0.1, 0.15) is 22.6 Å². The van der Waals surface area contributed by atoms with Crippen molar-refractivity contribution in [1.82, 2.24) is 15.0 Å². The highest BCUT2D eigenvalue weighted by Crippen LogP contribution is 2.41. The first kappa shape index (κ1) is 29.3. The fourth-order valence-electron chi connectivity index (χ4n) is 7.43. The van der Waals surface area contributed by atoms with Crippen LogP contribution in [0.2, 0.25) is 0 Å². The van der Waals surface area contributed by atoms with Gasteiger partial charge in [0.25, 0.3) is 0 Å². The highest BCUT2D eigenvalue weighted by molar-refractivity contribution is 6.12. The summed E-state index contributed by atoms with van der Waals surface area (Å²) in [6.07, 6.45) is 5.46. The molecule has 0 amide bonds. The van der Waals surface area contributed by atoms with E-state index >= 15 is 0 Å². The lowest BCUT2D eigenvalue weighted by Crippen LogP contribution is -2.06. The Bertz CT molecular complexity index is 2780. The number of nitrogens with zero attached hydrogens (tertiary/aromatic N) is 3. The van der Waals surface area contributed by atoms with Crippen LogP contribution in [0.15, 0.2) is 168 Å². The molecule has 0 N–H and O–H groups in total. The van der Waals surface area contributed by atoms with Gasteiger partial charge >= 0.3 is 0 Å². The van der Waals surface area contributed by atoms with Gasteiger partial charge in [-0.2, -0.15) is 0 Å². The first-order chi connectivity index (χ1) is 25.2. The highest BCUT2D eigenvalue weighted by Gasteiger charge is 2.23. The molecule has 0 aliphatic heterocycles. The predicted octanol–water partition coefficient (Wildman–Crippen LogP) is 11.9. The molecule has 240 valence electrons. The van der Waals surface area contributed by atoms with Gasteiger partial charge in [-0.05, 0) is 69.3 Å². The molecule has 10 rings (SSSR count). The number of allylic oxidation sites excluding steroid dienone is 1. The lowest BCUT2D eigenvalue weighted by atomic mass is 9.84. The van der Waals surface area contributed by atoms with E-state index in [0.717, 1.165) is 50.6 Å². The summed E-state index contributed by atoms with van der Waals surface area (Å²) in [7, 11) is 0. The zero-order chi connectivity index (χ0) is 33.7. The molecule has 1 atom stereocenters. The monoisotopic (exact) mass is 653 g/mol. The van der Waals surface area contributed by atoms with Crippen LogP contribution in [0, 0.1) is 0 Å². The van der Waals surface area contributed by atoms with E-state index in [1.54, 1.807) is 0 Å². The summed E-state index contributed by atoms with van der Waals surface area (Å²) in [6, 6.07) is 55.1. The summed E-state index contributed by atoms with van der Waals surface area (Å²) in [5.74, 6) is 2.07. The Labute approximate surface area is 295 Å². The molecule has 1 aliphatic rings. The molecular formula is C47H31N3O. The molecule has 0 fully saturated rings. The molecule has 0 bridgehead atoms. The van der Waals surface area contributed by atoms with Gasteiger partial charge in [-0.1, -0.05) is 146 Å². The van der Waals surface area contributed by atoms with Gasteiger partial charge in [-0.3, -0.25) is 0 Å². The second-order valence-corrected chi connectivity index (χ2v) is 13.2. The summed E-state index contributed by atoms with van der Waals surface area (Å²) in [6.45, 7) is 0. The number of furan rings is 1. The summed E-state index contributed by atoms with van der Waals surface area (Å²) < 4.78 is 6.53. The van der Waals surface area contributed by atoms with Crippen LogP contribution in [0.25, 0.3) is 84.1 Å². The van der Waals surface area contributed by atoms with Crippen molar-refractivity contribution in [2.24, 2.45) is 0 Å². The molecule has 4 heteroatoms. The molecular weight excluding hydrogens is 623 g/mol. The molecule has 0 saturated carbocycles. The molecule has 0 radical (unpaired) electrons. The highest BCUT2D eigenvalue weighted by atomic mass is 16.3. The molecule has 4 nitrogen and oxygen atoms in total. The van der Waals surface area contributed by atoms with Gasteiger partial charge in [0, 0.05) is 33.4 Å². The Hall–Kier alpha value is -6.65. The van der Waals surface area contributed by atoms with Crippen molar-refractivity contribution >= 4 is 38.8 Å². The quantitative estimate of drug-likeness (QED) is 0.185. The number of hydrogen-bond acceptors (Lipinski definition) is 4. The molecule has 1 aliphatic carbocycles. The predicted molar refractivity (Wildman–Crippen MR) is 208 cm³/mol. The third kappa shape index (κ3) is 5.29. The van der Waals surface area contributed by atoms with Crippen LogP contribution in [-0.4, -0.2) is 15.0 Å². The van der Waals surface area contributed by atoms with E-state index in [0.29, 0.717) is 17.5 Å². The Balaban J connectivity index is 1.14. The average Bonchev–Trinajstić information content (AvgIpc) is 3.59. The van der Waals surface area contributed by atoms with Crippen molar-refractivity contribution in [2.75, 3.05) is 0 Å². The second-order valence-electron chi connectivity index (χ2n) is 13.2. The minimum Gasteiger partial charge on any atom is -0.456 e. The SMILES string of the molecule is C1=CC(c2cc(-c3nc(-c4ccccc4)nc(-c4ccc(-c5ccc6ccccc6c5)cc4)n3)c3c(c2)oc2ccccc23)Cc2ccccc21. The lowest BCUT2D eigenvalue weighted by Gasteiger charge is -2.20. The summed E-state index contributed by atoms with van der Waals surface area (Å²) in [4.78, 5) is 15.4. The van der Waals surface area contributed by atoms with Gasteiger partial charge < -0.3 is 4.42 Å². The van der Waals surface area contributed by atoms with Crippen LogP contribution >= 0.6 is 0 Å². The van der Waals surface area contributed by atoms with Crippen LogP contribution in [0.3, 0.4) is 0 Å². The number of para-hydroxylation sites is 1. The van der Waals surface area contributed by atoms with Crippen molar-refractivity contribution in [2.45, 2.75) is 12.3 Å². The van der Waals surface area contributed by atoms with E-state index in [1.807, 2.05) is 30.3 Å². The van der Waals surface area contributed by atoms with Crippen LogP contribution in [0.5, 0.6) is 0 Å². The first-order valence-electron chi connectivity index (χ1n) is 17.4. The Morgan fingerprint density at radius 2 is 1.16 bits per heavy atom. The Kier molecular flexibility index (Phi) is 6.91. The van der Waals surface area contributed by atoms with Gasteiger partial charge in [0.05, 0.1) is 0 Å². The van der Waals surface area contributed by atoms with Gasteiger partial charge in [-0.25, -0.2) is 15.0 Å². The van der Waals surface area contributed by atoms with Crippen molar-refractivity contribution in [3.8, 4) is 45.3 Å². The first-order valence-corrected chi connectivity index (χ1v) is 17.4. The van der Waals surface area contributed by atoms with E-state index in [9.17, 15) is 0 Å². The third-order valence-electron chi connectivity index (χ3n) is 10.1. The maximum atomic E-state index is 6.53. The van der Waals surface area contributed by atoms with Gasteiger partial charge in [0.15, 0.2) is 17.5 Å². The number of rotatable bonds is 5. The summed E-state index contributed by atoms with van der Waals surface area (Å²) >= 11 is 0. The number of aromatic nitrogens is 3. The zero-order valence-corrected chi connectivity index (χ0v) is 27.7. The van der Waals surface area contributed by atoms with Gasteiger partial charge in [0.2, 0.25) is 0 Å². The minimum atomic E-state index is 0.189. The molecule has 7 aromatic carbocycles. The van der Waals surface area contributed by atoms with E-state index in [1.165, 1.54) is 33.0 Å². The fraction of sp³-hybridized carbons (Fsp3) is 0.0426. The van der Waals surface area contributed by atoms with Crippen LogP contribution in [-0.2, 0) is 6.42 Å². The van der Waals surface area contributed by atoms with Crippen LogP contribution in [0.4, 0.5) is 0 Å².